The van der Waals surface area contributed by atoms with Gasteiger partial charge in [-0.3, -0.25) is 9.59 Å². The number of rotatable bonds is 4. The van der Waals surface area contributed by atoms with Crippen molar-refractivity contribution in [3.8, 4) is 0 Å². The van der Waals surface area contributed by atoms with E-state index in [-0.39, 0.29) is 17.9 Å². The summed E-state index contributed by atoms with van der Waals surface area (Å²) < 4.78 is 9.23. The van der Waals surface area contributed by atoms with Crippen molar-refractivity contribution in [3.05, 3.63) is 0 Å². The molecule has 108 valence electrons. The monoisotopic (exact) mass is 271 g/mol. The van der Waals surface area contributed by atoms with Crippen molar-refractivity contribution in [2.45, 2.75) is 39.2 Å². The van der Waals surface area contributed by atoms with Gasteiger partial charge in [-0.1, -0.05) is 12.1 Å². The SMILES string of the molecule is COC(=O)C(CC1=NOC(C)(C)C[C@H]1C)C(=O)OC. The lowest BCUT2D eigenvalue weighted by Crippen LogP contribution is -2.37. The molecule has 0 saturated carbocycles. The summed E-state index contributed by atoms with van der Waals surface area (Å²) in [6.45, 7) is 5.89. The minimum atomic E-state index is -0.985. The van der Waals surface area contributed by atoms with Gasteiger partial charge < -0.3 is 14.3 Å². The van der Waals surface area contributed by atoms with Crippen molar-refractivity contribution in [2.75, 3.05) is 14.2 Å². The third-order valence-electron chi connectivity index (χ3n) is 3.16. The molecule has 1 atom stereocenters. The Bertz CT molecular complexity index is 372. The van der Waals surface area contributed by atoms with E-state index in [0.29, 0.717) is 5.71 Å². The van der Waals surface area contributed by atoms with Gasteiger partial charge >= 0.3 is 11.9 Å². The molecule has 1 rings (SSSR count). The highest BCUT2D eigenvalue weighted by atomic mass is 16.6. The Morgan fingerprint density at radius 2 is 1.89 bits per heavy atom. The van der Waals surface area contributed by atoms with Crippen LogP contribution in [0.25, 0.3) is 0 Å². The van der Waals surface area contributed by atoms with Crippen LogP contribution in [0.4, 0.5) is 0 Å². The molecule has 0 aromatic heterocycles. The topological polar surface area (TPSA) is 74.2 Å². The summed E-state index contributed by atoms with van der Waals surface area (Å²) in [4.78, 5) is 28.6. The summed E-state index contributed by atoms with van der Waals surface area (Å²) in [5, 5.41) is 4.04. The molecular weight excluding hydrogens is 250 g/mol. The van der Waals surface area contributed by atoms with Gasteiger partial charge in [0.05, 0.1) is 19.9 Å². The molecule has 1 aliphatic heterocycles. The molecule has 0 radical (unpaired) electrons. The normalized spacial score (nSPS) is 21.4. The van der Waals surface area contributed by atoms with Gasteiger partial charge in [-0.2, -0.15) is 0 Å². The van der Waals surface area contributed by atoms with Crippen LogP contribution in [0.15, 0.2) is 5.16 Å². The van der Waals surface area contributed by atoms with Gasteiger partial charge in [0.1, 0.15) is 5.60 Å². The van der Waals surface area contributed by atoms with E-state index < -0.39 is 17.9 Å². The first-order valence-corrected chi connectivity index (χ1v) is 6.21. The molecule has 1 heterocycles. The zero-order chi connectivity index (χ0) is 14.6. The van der Waals surface area contributed by atoms with Gasteiger partial charge in [-0.15, -0.1) is 0 Å². The van der Waals surface area contributed by atoms with Crippen molar-refractivity contribution < 1.29 is 23.9 Å². The number of oxime groups is 1. The number of methoxy groups -OCH3 is 2. The average Bonchev–Trinajstić information content (AvgIpc) is 2.35. The van der Waals surface area contributed by atoms with Gasteiger partial charge in [0.2, 0.25) is 0 Å². The van der Waals surface area contributed by atoms with Crippen LogP contribution in [-0.2, 0) is 23.9 Å². The predicted molar refractivity (Wildman–Crippen MR) is 68.5 cm³/mol. The Balaban J connectivity index is 2.83. The first kappa shape index (κ1) is 15.5. The second-order valence-electron chi connectivity index (χ2n) is 5.34. The average molecular weight is 271 g/mol. The number of nitrogens with zero attached hydrogens (tertiary/aromatic N) is 1. The number of ether oxygens (including phenoxy) is 2. The van der Waals surface area contributed by atoms with Crippen LogP contribution in [0.3, 0.4) is 0 Å². The zero-order valence-electron chi connectivity index (χ0n) is 12.1. The van der Waals surface area contributed by atoms with Crippen molar-refractivity contribution >= 4 is 17.7 Å². The smallest absolute Gasteiger partial charge is 0.320 e. The molecule has 19 heavy (non-hydrogen) atoms. The molecule has 1 aliphatic rings. The fourth-order valence-electron chi connectivity index (χ4n) is 2.16. The predicted octanol–water partition coefficient (Wildman–Crippen LogP) is 1.53. The first-order valence-electron chi connectivity index (χ1n) is 6.21. The quantitative estimate of drug-likeness (QED) is 0.572. The number of carbonyl (C=O) groups excluding carboxylic acids is 2. The Hall–Kier alpha value is -1.59. The van der Waals surface area contributed by atoms with Crippen LogP contribution < -0.4 is 0 Å². The molecule has 0 fully saturated rings. The highest BCUT2D eigenvalue weighted by Gasteiger charge is 2.36. The lowest BCUT2D eigenvalue weighted by molar-refractivity contribution is -0.158. The van der Waals surface area contributed by atoms with Gasteiger partial charge in [-0.05, 0) is 20.3 Å². The molecule has 0 aliphatic carbocycles. The van der Waals surface area contributed by atoms with Crippen LogP contribution in [0.2, 0.25) is 0 Å². The molecular formula is C13H21NO5. The van der Waals surface area contributed by atoms with E-state index in [9.17, 15) is 9.59 Å². The van der Waals surface area contributed by atoms with Gasteiger partial charge in [0, 0.05) is 12.3 Å². The lowest BCUT2D eigenvalue weighted by Gasteiger charge is -2.32. The number of carbonyl (C=O) groups is 2. The van der Waals surface area contributed by atoms with E-state index in [1.807, 2.05) is 20.8 Å². The maximum atomic E-state index is 11.6. The molecule has 6 heteroatoms. The molecule has 6 nitrogen and oxygen atoms in total. The Morgan fingerprint density at radius 1 is 1.37 bits per heavy atom. The van der Waals surface area contributed by atoms with Crippen molar-refractivity contribution in [3.63, 3.8) is 0 Å². The summed E-state index contributed by atoms with van der Waals surface area (Å²) >= 11 is 0. The minimum absolute atomic E-state index is 0.139. The third kappa shape index (κ3) is 3.94. The highest BCUT2D eigenvalue weighted by molar-refractivity contribution is 6.00. The summed E-state index contributed by atoms with van der Waals surface area (Å²) in [5.74, 6) is -2.08. The van der Waals surface area contributed by atoms with E-state index in [0.717, 1.165) is 6.42 Å². The number of hydrogen-bond acceptors (Lipinski definition) is 6. The van der Waals surface area contributed by atoms with E-state index in [4.69, 9.17) is 4.84 Å². The molecule has 0 spiro atoms. The minimum Gasteiger partial charge on any atom is -0.468 e. The fraction of sp³-hybridized carbons (Fsp3) is 0.769. The van der Waals surface area contributed by atoms with Crippen LogP contribution in [-0.4, -0.2) is 37.5 Å². The molecule has 0 N–H and O–H groups in total. The molecule has 0 unspecified atom stereocenters. The Kier molecular flexibility index (Phi) is 4.91. The summed E-state index contributed by atoms with van der Waals surface area (Å²) in [6, 6.07) is 0. The van der Waals surface area contributed by atoms with Gasteiger partial charge in [-0.25, -0.2) is 0 Å². The second kappa shape index (κ2) is 6.04. The number of hydrogen-bond donors (Lipinski definition) is 0. The summed E-state index contributed by atoms with van der Waals surface area (Å²) in [7, 11) is 2.48. The van der Waals surface area contributed by atoms with E-state index in [1.165, 1.54) is 14.2 Å². The Labute approximate surface area is 113 Å². The number of esters is 2. The van der Waals surface area contributed by atoms with Crippen LogP contribution in [0.1, 0.15) is 33.6 Å². The van der Waals surface area contributed by atoms with Crippen molar-refractivity contribution in [2.24, 2.45) is 17.0 Å². The van der Waals surface area contributed by atoms with E-state index in [2.05, 4.69) is 14.6 Å². The third-order valence-corrected chi connectivity index (χ3v) is 3.16. The van der Waals surface area contributed by atoms with Crippen molar-refractivity contribution in [1.29, 1.82) is 0 Å². The highest BCUT2D eigenvalue weighted by Crippen LogP contribution is 2.29. The zero-order valence-corrected chi connectivity index (χ0v) is 12.1. The summed E-state index contributed by atoms with van der Waals surface area (Å²) in [6.07, 6.45) is 0.942. The fourth-order valence-corrected chi connectivity index (χ4v) is 2.16. The van der Waals surface area contributed by atoms with Gasteiger partial charge in [0.25, 0.3) is 0 Å². The molecule has 0 aromatic carbocycles. The van der Waals surface area contributed by atoms with Crippen LogP contribution in [0.5, 0.6) is 0 Å². The maximum Gasteiger partial charge on any atom is 0.320 e. The molecule has 0 saturated heterocycles. The van der Waals surface area contributed by atoms with Crippen molar-refractivity contribution in [1.82, 2.24) is 0 Å². The molecule has 0 aromatic rings. The maximum absolute atomic E-state index is 11.6. The van der Waals surface area contributed by atoms with E-state index in [1.54, 1.807) is 0 Å². The summed E-state index contributed by atoms with van der Waals surface area (Å²) in [5.41, 5.74) is 0.356. The van der Waals surface area contributed by atoms with Crippen LogP contribution in [0, 0.1) is 11.8 Å². The largest absolute Gasteiger partial charge is 0.468 e. The molecule has 0 bridgehead atoms. The standard InChI is InChI=1S/C13H21NO5/c1-8-7-13(2,3)19-14-10(8)6-9(11(15)17-4)12(16)18-5/h8-9H,6-7H2,1-5H3/t8-/m1/s1. The molecule has 0 amide bonds. The van der Waals surface area contributed by atoms with Crippen LogP contribution >= 0.6 is 0 Å². The first-order chi connectivity index (χ1) is 8.80. The Morgan fingerprint density at radius 3 is 2.32 bits per heavy atom. The second-order valence-corrected chi connectivity index (χ2v) is 5.34. The van der Waals surface area contributed by atoms with E-state index >= 15 is 0 Å². The lowest BCUT2D eigenvalue weighted by atomic mass is 9.86. The van der Waals surface area contributed by atoms with Gasteiger partial charge in [0.15, 0.2) is 5.92 Å².